The summed E-state index contributed by atoms with van der Waals surface area (Å²) in [7, 11) is 3.27. The van der Waals surface area contributed by atoms with Gasteiger partial charge < -0.3 is 39.0 Å². The van der Waals surface area contributed by atoms with Crippen molar-refractivity contribution in [2.45, 2.75) is 98.0 Å². The van der Waals surface area contributed by atoms with Gasteiger partial charge in [-0.3, -0.25) is 34.0 Å². The molecule has 4 atom stereocenters. The van der Waals surface area contributed by atoms with Gasteiger partial charge in [-0.25, -0.2) is 5.43 Å². The summed E-state index contributed by atoms with van der Waals surface area (Å²) in [6.07, 6.45) is 5.62. The Hall–Kier alpha value is -5.84. The number of benzene rings is 2. The molecule has 4 amide bonds. The predicted molar refractivity (Wildman–Crippen MR) is 251 cm³/mol. The Morgan fingerprint density at radius 3 is 2.55 bits per heavy atom. The molecule has 2 aromatic carbocycles. The number of fused-ring (bicyclic) bond motifs is 6. The van der Waals surface area contributed by atoms with Crippen LogP contribution in [0.25, 0.3) is 33.3 Å². The Morgan fingerprint density at radius 1 is 1.04 bits per heavy atom. The monoisotopic (exact) mass is 919 g/mol. The van der Waals surface area contributed by atoms with Crippen LogP contribution in [0.3, 0.4) is 0 Å². The summed E-state index contributed by atoms with van der Waals surface area (Å²) in [5, 5.41) is 16.7. The van der Waals surface area contributed by atoms with Crippen molar-refractivity contribution in [2.75, 3.05) is 53.6 Å². The van der Waals surface area contributed by atoms with E-state index >= 15 is 0 Å². The second-order valence-electron chi connectivity index (χ2n) is 19.8. The zero-order valence-corrected chi connectivity index (χ0v) is 39.8. The van der Waals surface area contributed by atoms with Crippen LogP contribution in [0.4, 0.5) is 0 Å². The molecule has 67 heavy (non-hydrogen) atoms. The number of aromatic hydroxyl groups is 1. The number of hydrogen-bond acceptors (Lipinski definition) is 11. The number of pyridine rings is 1. The van der Waals surface area contributed by atoms with Gasteiger partial charge in [0.25, 0.3) is 5.91 Å². The maximum Gasteiger partial charge on any atom is 0.324 e. The first-order valence-corrected chi connectivity index (χ1v) is 23.7. The molecule has 0 spiro atoms. The van der Waals surface area contributed by atoms with Crippen LogP contribution in [0.15, 0.2) is 54.9 Å². The Bertz CT molecular complexity index is 2530. The molecule has 3 N–H and O–H groups in total. The quantitative estimate of drug-likeness (QED) is 0.185. The first-order chi connectivity index (χ1) is 32.1. The Labute approximate surface area is 392 Å². The zero-order chi connectivity index (χ0) is 47.7. The SMILES string of the molecule is CCn1c(-c2cnccc2COC)c2c3cc(ccc31)-c1cc(O)cc(c1)C[C@H](NC(=O)C(C(C)C)N(C)C(=O)[C@H]1CCN(C(=O)C3COC3)C1)C(=O)N1CCC[C@H](N1)C(=O)OCC(C)(C)C2. The number of hydrazine groups is 1. The van der Waals surface area contributed by atoms with E-state index in [1.54, 1.807) is 37.4 Å². The number of carbonyl (C=O) groups excluding carboxylic acids is 5. The second-order valence-corrected chi connectivity index (χ2v) is 19.8. The van der Waals surface area contributed by atoms with Crippen LogP contribution in [0.1, 0.15) is 70.6 Å². The predicted octanol–water partition coefficient (Wildman–Crippen LogP) is 4.87. The lowest BCUT2D eigenvalue weighted by Gasteiger charge is -2.37. The fourth-order valence-electron chi connectivity index (χ4n) is 10.3. The average molecular weight is 920 g/mol. The number of aromatic nitrogens is 2. The highest BCUT2D eigenvalue weighted by Crippen LogP contribution is 2.41. The van der Waals surface area contributed by atoms with Gasteiger partial charge in [0, 0.05) is 81.0 Å². The summed E-state index contributed by atoms with van der Waals surface area (Å²) < 4.78 is 19.2. The van der Waals surface area contributed by atoms with Gasteiger partial charge in [0.05, 0.1) is 44.0 Å². The molecule has 3 fully saturated rings. The van der Waals surface area contributed by atoms with E-state index in [9.17, 15) is 29.1 Å². The number of rotatable bonds is 10. The first-order valence-electron chi connectivity index (χ1n) is 23.7. The van der Waals surface area contributed by atoms with Crippen molar-refractivity contribution in [1.29, 1.82) is 0 Å². The van der Waals surface area contributed by atoms with Crippen molar-refractivity contribution in [2.24, 2.45) is 23.2 Å². The molecule has 4 aromatic rings. The largest absolute Gasteiger partial charge is 0.508 e. The number of amides is 4. The Balaban J connectivity index is 1.16. The molecule has 358 valence electrons. The van der Waals surface area contributed by atoms with Gasteiger partial charge in [-0.15, -0.1) is 0 Å². The molecule has 3 saturated heterocycles. The van der Waals surface area contributed by atoms with E-state index < -0.39 is 47.2 Å². The van der Waals surface area contributed by atoms with E-state index in [4.69, 9.17) is 14.2 Å². The summed E-state index contributed by atoms with van der Waals surface area (Å²) in [4.78, 5) is 78.0. The molecule has 16 heteroatoms. The van der Waals surface area contributed by atoms with Gasteiger partial charge in [-0.2, -0.15) is 0 Å². The number of methoxy groups -OCH3 is 1. The standard InChI is InChI=1S/C51H65N7O9/c1-8-57-43-12-11-32-22-38(43)39(45(57)40-24-52-15-13-34(40)26-65-7)23-51(4,5)29-67-50(64)41-10-9-16-58(54-41)49(63)42(20-31-18-35(32)21-37(59)19-31)53-46(60)44(30(2)3)55(6)47(61)33-14-17-56(25-33)48(62)36-27-66-28-36/h11-13,15,18-19,21-22,24,30,33,36,41-42,44,54,59H,8-10,14,16-17,20,23,25-29H2,1-7H3,(H,53,60)/t33-,41-,42-,44?/m0/s1. The molecule has 0 aliphatic carbocycles. The smallest absolute Gasteiger partial charge is 0.324 e. The summed E-state index contributed by atoms with van der Waals surface area (Å²) in [6.45, 7) is 12.9. The number of likely N-dealkylation sites (N-methyl/N-ethyl adjacent to an activating group) is 1. The van der Waals surface area contributed by atoms with Crippen LogP contribution in [0.5, 0.6) is 5.75 Å². The molecule has 0 saturated carbocycles. The maximum atomic E-state index is 14.7. The number of likely N-dealkylation sites (tertiary alicyclic amines) is 1. The third-order valence-electron chi connectivity index (χ3n) is 13.8. The molecule has 4 aliphatic rings. The number of carbonyl (C=O) groups is 5. The highest BCUT2D eigenvalue weighted by Gasteiger charge is 2.42. The third kappa shape index (κ3) is 9.93. The highest BCUT2D eigenvalue weighted by molar-refractivity contribution is 5.96. The minimum Gasteiger partial charge on any atom is -0.508 e. The van der Waals surface area contributed by atoms with Crippen molar-refractivity contribution >= 4 is 40.5 Å². The topological polar surface area (TPSA) is 185 Å². The van der Waals surface area contributed by atoms with E-state index in [0.29, 0.717) is 64.2 Å². The fourth-order valence-corrected chi connectivity index (χ4v) is 10.3. The van der Waals surface area contributed by atoms with Crippen molar-refractivity contribution in [3.63, 3.8) is 0 Å². The van der Waals surface area contributed by atoms with Crippen LogP contribution in [0.2, 0.25) is 0 Å². The normalized spacial score (nSPS) is 21.7. The Morgan fingerprint density at radius 2 is 1.84 bits per heavy atom. The molecular formula is C51H65N7O9. The number of hydrogen-bond donors (Lipinski definition) is 3. The number of esters is 1. The van der Waals surface area contributed by atoms with E-state index in [2.05, 4.69) is 53.2 Å². The molecule has 16 nitrogen and oxygen atoms in total. The van der Waals surface area contributed by atoms with Crippen LogP contribution < -0.4 is 10.7 Å². The van der Waals surface area contributed by atoms with E-state index in [1.165, 1.54) is 9.91 Å². The molecule has 6 bridgehead atoms. The molecular weight excluding hydrogens is 855 g/mol. The molecule has 2 aromatic heterocycles. The summed E-state index contributed by atoms with van der Waals surface area (Å²) in [5.41, 5.74) is 9.75. The third-order valence-corrected chi connectivity index (χ3v) is 13.8. The van der Waals surface area contributed by atoms with Crippen molar-refractivity contribution in [1.82, 2.24) is 35.1 Å². The van der Waals surface area contributed by atoms with Gasteiger partial charge in [-0.1, -0.05) is 39.8 Å². The van der Waals surface area contributed by atoms with Gasteiger partial charge >= 0.3 is 5.97 Å². The van der Waals surface area contributed by atoms with E-state index in [1.807, 2.05) is 38.2 Å². The molecule has 8 rings (SSSR count). The minimum absolute atomic E-state index is 0.00630. The fraction of sp³-hybridized carbons (Fsp3) is 0.529. The molecule has 4 aliphatic heterocycles. The highest BCUT2D eigenvalue weighted by atomic mass is 16.5. The lowest BCUT2D eigenvalue weighted by Crippen LogP contribution is -2.62. The lowest BCUT2D eigenvalue weighted by atomic mass is 9.84. The Kier molecular flexibility index (Phi) is 14.1. The van der Waals surface area contributed by atoms with Crippen molar-refractivity contribution in [3.05, 3.63) is 71.5 Å². The van der Waals surface area contributed by atoms with E-state index in [-0.39, 0.29) is 55.5 Å². The zero-order valence-electron chi connectivity index (χ0n) is 39.8. The first kappa shape index (κ1) is 47.6. The number of ether oxygens (including phenoxy) is 3. The number of cyclic esters (lactones) is 1. The van der Waals surface area contributed by atoms with Crippen molar-refractivity contribution < 1.29 is 43.3 Å². The number of nitrogens with one attached hydrogen (secondary N) is 2. The van der Waals surface area contributed by atoms with Gasteiger partial charge in [-0.05, 0) is 96.7 Å². The van der Waals surface area contributed by atoms with Gasteiger partial charge in [0.1, 0.15) is 23.9 Å². The average Bonchev–Trinajstić information content (AvgIpc) is 3.90. The molecule has 0 radical (unpaired) electrons. The van der Waals surface area contributed by atoms with Crippen molar-refractivity contribution in [3.8, 4) is 28.1 Å². The van der Waals surface area contributed by atoms with Crippen LogP contribution in [-0.4, -0.2) is 131 Å². The number of phenolic OH excluding ortho intramolecular Hbond substituents is 1. The number of aryl methyl sites for hydroxylation is 1. The van der Waals surface area contributed by atoms with Gasteiger partial charge in [0.2, 0.25) is 17.7 Å². The van der Waals surface area contributed by atoms with Gasteiger partial charge in [0.15, 0.2) is 0 Å². The summed E-state index contributed by atoms with van der Waals surface area (Å²) in [5.74, 6) is -2.74. The lowest BCUT2D eigenvalue weighted by molar-refractivity contribution is -0.155. The van der Waals surface area contributed by atoms with E-state index in [0.717, 1.165) is 44.4 Å². The van der Waals surface area contributed by atoms with Crippen LogP contribution in [0, 0.1) is 23.2 Å². The summed E-state index contributed by atoms with van der Waals surface area (Å²) in [6, 6.07) is 10.5. The molecule has 6 heterocycles. The van der Waals surface area contributed by atoms with Crippen LogP contribution in [-0.2, 0) is 64.2 Å². The number of phenols is 1. The number of nitrogens with zero attached hydrogens (tertiary/aromatic N) is 5. The molecule has 1 unspecified atom stereocenters. The van der Waals surface area contributed by atoms with Crippen LogP contribution >= 0.6 is 0 Å². The minimum atomic E-state index is -1.16. The maximum absolute atomic E-state index is 14.7. The second kappa shape index (κ2) is 19.8. The summed E-state index contributed by atoms with van der Waals surface area (Å²) >= 11 is 0.